The maximum Gasteiger partial charge on any atom is 0.273 e. The van der Waals surface area contributed by atoms with Crippen molar-refractivity contribution in [2.75, 3.05) is 13.7 Å². The number of ether oxygens (including phenoxy) is 2. The molecule has 148 valence electrons. The van der Waals surface area contributed by atoms with Crippen LogP contribution in [0.1, 0.15) is 34.1 Å². The van der Waals surface area contributed by atoms with Crippen LogP contribution in [0.3, 0.4) is 0 Å². The largest absolute Gasteiger partial charge is 0.496 e. The van der Waals surface area contributed by atoms with Crippen molar-refractivity contribution in [3.05, 3.63) is 58.1 Å². The maximum absolute atomic E-state index is 12.3. The minimum atomic E-state index is -0.450. The third-order valence-corrected chi connectivity index (χ3v) is 4.35. The first-order chi connectivity index (χ1) is 13.5. The van der Waals surface area contributed by atoms with Crippen molar-refractivity contribution < 1.29 is 19.1 Å². The molecule has 0 radical (unpaired) electrons. The second kappa shape index (κ2) is 10.6. The normalized spacial score (nSPS) is 9.96. The number of hydrogen-bond donors (Lipinski definition) is 3. The third-order valence-electron chi connectivity index (χ3n) is 3.52. The number of halogens is 1. The van der Waals surface area contributed by atoms with Gasteiger partial charge in [0.25, 0.3) is 11.8 Å². The number of hydrogen-bond acceptors (Lipinski definition) is 5. The Labute approximate surface area is 176 Å². The topological polar surface area (TPSA) is 88.7 Å². The fraction of sp³-hybridized carbons (Fsp3) is 0.211. The molecule has 0 heterocycles. The number of nitrogens with one attached hydrogen (secondary N) is 3. The minimum Gasteiger partial charge on any atom is -0.496 e. The zero-order chi connectivity index (χ0) is 20.5. The van der Waals surface area contributed by atoms with Crippen molar-refractivity contribution in [2.45, 2.75) is 13.3 Å². The molecule has 2 amide bonds. The van der Waals surface area contributed by atoms with Crippen molar-refractivity contribution in [1.29, 1.82) is 0 Å². The number of carbonyl (C=O) groups is 2. The summed E-state index contributed by atoms with van der Waals surface area (Å²) >= 11 is 8.43. The van der Waals surface area contributed by atoms with Gasteiger partial charge in [0.1, 0.15) is 11.5 Å². The molecule has 0 aromatic heterocycles. The lowest BCUT2D eigenvalue weighted by Gasteiger charge is -2.13. The Balaban J connectivity index is 1.91. The highest BCUT2D eigenvalue weighted by Crippen LogP contribution is 2.26. The monoisotopic (exact) mass is 465 g/mol. The number of rotatable bonds is 6. The van der Waals surface area contributed by atoms with Crippen molar-refractivity contribution in [1.82, 2.24) is 16.2 Å². The number of benzene rings is 2. The maximum atomic E-state index is 12.3. The van der Waals surface area contributed by atoms with Crippen molar-refractivity contribution in [3.8, 4) is 11.5 Å². The molecule has 0 unspecified atom stereocenters. The van der Waals surface area contributed by atoms with Crippen LogP contribution in [0.2, 0.25) is 0 Å². The first-order valence-electron chi connectivity index (χ1n) is 8.43. The quantitative estimate of drug-likeness (QED) is 0.448. The van der Waals surface area contributed by atoms with Crippen molar-refractivity contribution >= 4 is 45.1 Å². The summed E-state index contributed by atoms with van der Waals surface area (Å²) in [6, 6.07) is 11.7. The molecule has 0 aliphatic carbocycles. The highest BCUT2D eigenvalue weighted by Gasteiger charge is 2.13. The Kier molecular flexibility index (Phi) is 8.21. The molecule has 3 N–H and O–H groups in total. The van der Waals surface area contributed by atoms with E-state index in [1.165, 1.54) is 7.11 Å². The summed E-state index contributed by atoms with van der Waals surface area (Å²) in [6.45, 7) is 2.60. The fourth-order valence-electron chi connectivity index (χ4n) is 2.19. The molecular formula is C19H20BrN3O4S. The van der Waals surface area contributed by atoms with Gasteiger partial charge in [0.15, 0.2) is 5.11 Å². The van der Waals surface area contributed by atoms with E-state index in [0.717, 1.165) is 6.42 Å². The highest BCUT2D eigenvalue weighted by molar-refractivity contribution is 9.10. The first kappa shape index (κ1) is 21.6. The van der Waals surface area contributed by atoms with Crippen LogP contribution in [0.5, 0.6) is 11.5 Å². The lowest BCUT2D eigenvalue weighted by atomic mass is 10.2. The lowest BCUT2D eigenvalue weighted by Crippen LogP contribution is -2.48. The predicted molar refractivity (Wildman–Crippen MR) is 114 cm³/mol. The average molecular weight is 466 g/mol. The number of carbonyl (C=O) groups excluding carboxylic acids is 2. The van der Waals surface area contributed by atoms with Gasteiger partial charge in [-0.3, -0.25) is 25.8 Å². The van der Waals surface area contributed by atoms with E-state index in [1.54, 1.807) is 42.5 Å². The first-order valence-corrected chi connectivity index (χ1v) is 9.63. The van der Waals surface area contributed by atoms with Gasteiger partial charge in [0, 0.05) is 5.56 Å². The number of hydrazine groups is 1. The standard InChI is InChI=1S/C19H20BrN3O4S/c1-3-10-27-16-9-8-12(11-14(16)20)17(24)21-19(28)23-22-18(25)13-6-4-5-7-15(13)26-2/h4-9,11H,3,10H2,1-2H3,(H,22,25)(H2,21,23,24,28). The van der Waals surface area contributed by atoms with Gasteiger partial charge < -0.3 is 9.47 Å². The third kappa shape index (κ3) is 5.93. The lowest BCUT2D eigenvalue weighted by molar-refractivity contribution is 0.0932. The summed E-state index contributed by atoms with van der Waals surface area (Å²) in [5, 5.41) is 2.45. The summed E-state index contributed by atoms with van der Waals surface area (Å²) < 4.78 is 11.4. The van der Waals surface area contributed by atoms with Crippen LogP contribution in [0, 0.1) is 0 Å². The Bertz CT molecular complexity index is 876. The van der Waals surface area contributed by atoms with E-state index >= 15 is 0 Å². The van der Waals surface area contributed by atoms with Gasteiger partial charge in [-0.15, -0.1) is 0 Å². The molecule has 2 aromatic carbocycles. The van der Waals surface area contributed by atoms with Crippen LogP contribution >= 0.6 is 28.1 Å². The van der Waals surface area contributed by atoms with E-state index < -0.39 is 11.8 Å². The van der Waals surface area contributed by atoms with Gasteiger partial charge in [-0.2, -0.15) is 0 Å². The van der Waals surface area contributed by atoms with E-state index in [4.69, 9.17) is 21.7 Å². The second-order valence-electron chi connectivity index (χ2n) is 5.56. The van der Waals surface area contributed by atoms with Gasteiger partial charge in [0.05, 0.1) is 23.8 Å². The van der Waals surface area contributed by atoms with Gasteiger partial charge in [0.2, 0.25) is 0 Å². The summed E-state index contributed by atoms with van der Waals surface area (Å²) in [4.78, 5) is 24.5. The summed E-state index contributed by atoms with van der Waals surface area (Å²) in [5.41, 5.74) is 5.63. The molecule has 2 aromatic rings. The van der Waals surface area contributed by atoms with Crippen molar-refractivity contribution in [2.24, 2.45) is 0 Å². The second-order valence-corrected chi connectivity index (χ2v) is 6.82. The van der Waals surface area contributed by atoms with Crippen LogP contribution in [-0.4, -0.2) is 30.6 Å². The molecule has 2 rings (SSSR count). The molecule has 0 fully saturated rings. The van der Waals surface area contributed by atoms with Gasteiger partial charge in [-0.05, 0) is 64.9 Å². The highest BCUT2D eigenvalue weighted by atomic mass is 79.9. The minimum absolute atomic E-state index is 0.0457. The van der Waals surface area contributed by atoms with E-state index in [1.807, 2.05) is 6.92 Å². The molecule has 0 saturated carbocycles. The van der Waals surface area contributed by atoms with Gasteiger partial charge in [-0.1, -0.05) is 19.1 Å². The zero-order valence-corrected chi connectivity index (χ0v) is 17.8. The molecule has 9 heteroatoms. The molecule has 0 spiro atoms. The molecule has 0 saturated heterocycles. The van der Waals surface area contributed by atoms with Crippen LogP contribution in [0.15, 0.2) is 46.9 Å². The SMILES string of the molecule is CCCOc1ccc(C(=O)NC(=S)NNC(=O)c2ccccc2OC)cc1Br. The van der Waals surface area contributed by atoms with Crippen molar-refractivity contribution in [3.63, 3.8) is 0 Å². The number of para-hydroxylation sites is 1. The smallest absolute Gasteiger partial charge is 0.273 e. The Hall–Kier alpha value is -2.65. The number of methoxy groups -OCH3 is 1. The van der Waals surface area contributed by atoms with E-state index in [0.29, 0.717) is 33.7 Å². The number of amides is 2. The molecule has 28 heavy (non-hydrogen) atoms. The predicted octanol–water partition coefficient (Wildman–Crippen LogP) is 3.20. The summed E-state index contributed by atoms with van der Waals surface area (Å²) in [5.74, 6) is 0.205. The van der Waals surface area contributed by atoms with Gasteiger partial charge in [-0.25, -0.2) is 0 Å². The summed E-state index contributed by atoms with van der Waals surface area (Å²) in [6.07, 6.45) is 0.884. The number of thiocarbonyl (C=S) groups is 1. The molecule has 0 aliphatic heterocycles. The average Bonchev–Trinajstić information content (AvgIpc) is 2.70. The Morgan fingerprint density at radius 2 is 1.82 bits per heavy atom. The van der Waals surface area contributed by atoms with Crippen LogP contribution in [0.4, 0.5) is 0 Å². The molecule has 0 bridgehead atoms. The molecule has 0 atom stereocenters. The Morgan fingerprint density at radius 1 is 1.07 bits per heavy atom. The molecule has 0 aliphatic rings. The zero-order valence-electron chi connectivity index (χ0n) is 15.4. The van der Waals surface area contributed by atoms with Gasteiger partial charge >= 0.3 is 0 Å². The molecule has 7 nitrogen and oxygen atoms in total. The summed E-state index contributed by atoms with van der Waals surface area (Å²) in [7, 11) is 1.47. The van der Waals surface area contributed by atoms with Crippen LogP contribution in [-0.2, 0) is 0 Å². The fourth-order valence-corrected chi connectivity index (χ4v) is 2.83. The van der Waals surface area contributed by atoms with Crippen LogP contribution < -0.4 is 25.6 Å². The van der Waals surface area contributed by atoms with E-state index in [2.05, 4.69) is 32.1 Å². The van der Waals surface area contributed by atoms with E-state index in [-0.39, 0.29) is 5.11 Å². The van der Waals surface area contributed by atoms with Crippen LogP contribution in [0.25, 0.3) is 0 Å². The van der Waals surface area contributed by atoms with E-state index in [9.17, 15) is 9.59 Å². The molecular weight excluding hydrogens is 446 g/mol. The Morgan fingerprint density at radius 3 is 2.50 bits per heavy atom.